The zero-order valence-corrected chi connectivity index (χ0v) is 18.7. The predicted octanol–water partition coefficient (Wildman–Crippen LogP) is 1.48. The van der Waals surface area contributed by atoms with E-state index >= 15 is 0 Å². The van der Waals surface area contributed by atoms with Gasteiger partial charge in [0.25, 0.3) is 5.56 Å². The average Bonchev–Trinajstić information content (AvgIpc) is 3.24. The predicted molar refractivity (Wildman–Crippen MR) is 123 cm³/mol. The number of pyridine rings is 1. The van der Waals surface area contributed by atoms with E-state index in [1.807, 2.05) is 20.1 Å². The van der Waals surface area contributed by atoms with Crippen LogP contribution in [-0.2, 0) is 11.3 Å². The number of hydrogen-bond acceptors (Lipinski definition) is 6. The normalized spacial score (nSPS) is 23.1. The molecule has 3 aromatic heterocycles. The van der Waals surface area contributed by atoms with Crippen molar-refractivity contribution in [3.63, 3.8) is 0 Å². The largest absolute Gasteiger partial charge is 0.393 e. The first kappa shape index (κ1) is 20.4. The maximum atomic E-state index is 13.1. The molecule has 172 valence electrons. The van der Waals surface area contributed by atoms with Crippen LogP contribution >= 0.6 is 0 Å². The first-order valence-corrected chi connectivity index (χ1v) is 11.7. The number of nitrogens with zero attached hydrogens (tertiary/aromatic N) is 6. The van der Waals surface area contributed by atoms with E-state index < -0.39 is 0 Å². The van der Waals surface area contributed by atoms with Gasteiger partial charge >= 0.3 is 0 Å². The standard InChI is InChI=1S/C24H28N6O3/c1-15(31)28-12-16-8-18(14-28)20-9-17(10-22(33)30(20)13-16)21-11-26-24-23(25-4-7-29(21)24)27-5-2-19(32)3-6-27/h4,7,9-11,16,18-19,32H,2-3,5-6,8,12-14H2,1H3/t16-,18+/m0/s1. The number of anilines is 1. The highest BCUT2D eigenvalue weighted by Gasteiger charge is 2.36. The number of imidazole rings is 1. The van der Waals surface area contributed by atoms with Crippen LogP contribution in [0.1, 0.15) is 37.8 Å². The molecule has 3 aliphatic heterocycles. The monoisotopic (exact) mass is 448 g/mol. The molecule has 2 fully saturated rings. The zero-order valence-electron chi connectivity index (χ0n) is 18.7. The van der Waals surface area contributed by atoms with E-state index in [-0.39, 0.29) is 23.5 Å². The van der Waals surface area contributed by atoms with Crippen LogP contribution in [0.4, 0.5) is 5.82 Å². The molecule has 0 aromatic carbocycles. The molecule has 9 nitrogen and oxygen atoms in total. The Morgan fingerprint density at radius 1 is 1.12 bits per heavy atom. The van der Waals surface area contributed by atoms with Gasteiger partial charge in [0.15, 0.2) is 11.5 Å². The average molecular weight is 449 g/mol. The third-order valence-electron chi connectivity index (χ3n) is 7.47. The minimum atomic E-state index is -0.252. The minimum absolute atomic E-state index is 0.00252. The van der Waals surface area contributed by atoms with Crippen LogP contribution in [0.2, 0.25) is 0 Å². The SMILES string of the molecule is CC(=O)N1C[C@@H]2C[C@H](C1)c1cc(-c3cnc4c(N5CCC(O)CC5)nccn34)cc(=O)n1C2. The van der Waals surface area contributed by atoms with Gasteiger partial charge in [-0.05, 0) is 31.2 Å². The van der Waals surface area contributed by atoms with E-state index in [1.54, 1.807) is 25.4 Å². The molecule has 33 heavy (non-hydrogen) atoms. The van der Waals surface area contributed by atoms with Gasteiger partial charge in [0.1, 0.15) is 0 Å². The highest BCUT2D eigenvalue weighted by Crippen LogP contribution is 2.37. The first-order valence-electron chi connectivity index (χ1n) is 11.7. The van der Waals surface area contributed by atoms with Crippen LogP contribution in [0.5, 0.6) is 0 Å². The molecule has 2 saturated heterocycles. The highest BCUT2D eigenvalue weighted by molar-refractivity contribution is 5.74. The van der Waals surface area contributed by atoms with Gasteiger partial charge in [-0.1, -0.05) is 0 Å². The van der Waals surface area contributed by atoms with Gasteiger partial charge < -0.3 is 19.5 Å². The number of amides is 1. The second kappa shape index (κ2) is 7.69. The molecule has 1 amide bonds. The number of carbonyl (C=O) groups is 1. The fourth-order valence-electron chi connectivity index (χ4n) is 5.78. The van der Waals surface area contributed by atoms with Crippen LogP contribution in [0.3, 0.4) is 0 Å². The molecular formula is C24H28N6O3. The maximum Gasteiger partial charge on any atom is 0.251 e. The fraction of sp³-hybridized carbons (Fsp3) is 0.500. The van der Waals surface area contributed by atoms with Gasteiger partial charge in [-0.2, -0.15) is 0 Å². The Bertz CT molecular complexity index is 1290. The summed E-state index contributed by atoms with van der Waals surface area (Å²) in [5, 5.41) is 9.85. The Labute approximate surface area is 191 Å². The molecule has 3 aromatic rings. The summed E-state index contributed by atoms with van der Waals surface area (Å²) in [6.45, 7) is 5.17. The summed E-state index contributed by atoms with van der Waals surface area (Å²) in [7, 11) is 0. The van der Waals surface area contributed by atoms with Crippen molar-refractivity contribution in [1.29, 1.82) is 0 Å². The second-order valence-corrected chi connectivity index (χ2v) is 9.65. The summed E-state index contributed by atoms with van der Waals surface area (Å²) >= 11 is 0. The molecule has 0 radical (unpaired) electrons. The van der Waals surface area contributed by atoms with E-state index in [0.717, 1.165) is 67.3 Å². The number of likely N-dealkylation sites (tertiary alicyclic amines) is 1. The topological polar surface area (TPSA) is 96.0 Å². The molecule has 6 heterocycles. The lowest BCUT2D eigenvalue weighted by atomic mass is 9.82. The van der Waals surface area contributed by atoms with Gasteiger partial charge in [0.05, 0.1) is 18.0 Å². The Hall–Kier alpha value is -3.20. The van der Waals surface area contributed by atoms with Gasteiger partial charge in [-0.3, -0.25) is 14.0 Å². The lowest BCUT2D eigenvalue weighted by Gasteiger charge is -2.42. The van der Waals surface area contributed by atoms with Gasteiger partial charge in [0.2, 0.25) is 5.91 Å². The molecule has 6 rings (SSSR count). The van der Waals surface area contributed by atoms with E-state index in [2.05, 4.69) is 20.9 Å². The molecule has 2 atom stereocenters. The maximum absolute atomic E-state index is 13.1. The molecule has 0 unspecified atom stereocenters. The Kier molecular flexibility index (Phi) is 4.76. The number of aliphatic hydroxyl groups is 1. The summed E-state index contributed by atoms with van der Waals surface area (Å²) in [5.41, 5.74) is 3.45. The van der Waals surface area contributed by atoms with Crippen molar-refractivity contribution in [1.82, 2.24) is 23.8 Å². The number of aromatic nitrogens is 4. The molecule has 0 aliphatic carbocycles. The summed E-state index contributed by atoms with van der Waals surface area (Å²) in [5.74, 6) is 1.41. The van der Waals surface area contributed by atoms with Gasteiger partial charge in [0, 0.05) is 75.3 Å². The van der Waals surface area contributed by atoms with Crippen LogP contribution in [0, 0.1) is 5.92 Å². The van der Waals surface area contributed by atoms with Crippen LogP contribution in [0.15, 0.2) is 35.5 Å². The van der Waals surface area contributed by atoms with E-state index in [1.165, 1.54) is 0 Å². The van der Waals surface area contributed by atoms with Crippen molar-refractivity contribution in [2.45, 2.75) is 44.8 Å². The van der Waals surface area contributed by atoms with Gasteiger partial charge in [-0.25, -0.2) is 9.97 Å². The molecule has 0 spiro atoms. The van der Waals surface area contributed by atoms with Crippen LogP contribution in [-0.4, -0.2) is 67.1 Å². The van der Waals surface area contributed by atoms with Crippen LogP contribution < -0.4 is 10.5 Å². The van der Waals surface area contributed by atoms with E-state index in [0.29, 0.717) is 19.0 Å². The van der Waals surface area contributed by atoms with Crippen molar-refractivity contribution in [3.05, 3.63) is 46.8 Å². The van der Waals surface area contributed by atoms with E-state index in [4.69, 9.17) is 0 Å². The Morgan fingerprint density at radius 2 is 1.94 bits per heavy atom. The molecular weight excluding hydrogens is 420 g/mol. The van der Waals surface area contributed by atoms with Gasteiger partial charge in [-0.15, -0.1) is 0 Å². The molecule has 2 bridgehead atoms. The Morgan fingerprint density at radius 3 is 2.73 bits per heavy atom. The molecule has 1 N–H and O–H groups in total. The highest BCUT2D eigenvalue weighted by atomic mass is 16.3. The first-order chi connectivity index (χ1) is 16.0. The number of aliphatic hydroxyl groups excluding tert-OH is 1. The summed E-state index contributed by atoms with van der Waals surface area (Å²) in [4.78, 5) is 38.4. The molecule has 3 aliphatic rings. The van der Waals surface area contributed by atoms with Crippen molar-refractivity contribution in [3.8, 4) is 11.3 Å². The summed E-state index contributed by atoms with van der Waals surface area (Å²) in [6, 6.07) is 3.81. The molecule has 9 heteroatoms. The fourth-order valence-corrected chi connectivity index (χ4v) is 5.78. The smallest absolute Gasteiger partial charge is 0.251 e. The molecule has 0 saturated carbocycles. The third kappa shape index (κ3) is 3.42. The number of hydrogen-bond donors (Lipinski definition) is 1. The summed E-state index contributed by atoms with van der Waals surface area (Å²) in [6.07, 6.45) is 7.65. The zero-order chi connectivity index (χ0) is 22.7. The second-order valence-electron chi connectivity index (χ2n) is 9.65. The van der Waals surface area contributed by atoms with Crippen molar-refractivity contribution >= 4 is 17.4 Å². The van der Waals surface area contributed by atoms with Crippen LogP contribution in [0.25, 0.3) is 16.9 Å². The number of piperidine rings is 2. The summed E-state index contributed by atoms with van der Waals surface area (Å²) < 4.78 is 3.89. The quantitative estimate of drug-likeness (QED) is 0.638. The number of rotatable bonds is 2. The number of fused-ring (bicyclic) bond motifs is 5. The Balaban J connectivity index is 1.40. The number of carbonyl (C=O) groups excluding carboxylic acids is 1. The lowest BCUT2D eigenvalue weighted by molar-refractivity contribution is -0.131. The van der Waals surface area contributed by atoms with Crippen molar-refractivity contribution in [2.75, 3.05) is 31.1 Å². The minimum Gasteiger partial charge on any atom is -0.393 e. The van der Waals surface area contributed by atoms with E-state index in [9.17, 15) is 14.7 Å². The van der Waals surface area contributed by atoms with Crippen molar-refractivity contribution < 1.29 is 9.90 Å². The lowest BCUT2D eigenvalue weighted by Crippen LogP contribution is -2.48. The third-order valence-corrected chi connectivity index (χ3v) is 7.47. The van der Waals surface area contributed by atoms with Crippen molar-refractivity contribution in [2.24, 2.45) is 5.92 Å².